The van der Waals surface area contributed by atoms with E-state index >= 15 is 0 Å². The fourth-order valence-electron chi connectivity index (χ4n) is 2.02. The lowest BCUT2D eigenvalue weighted by molar-refractivity contribution is 0.800. The van der Waals surface area contributed by atoms with Crippen LogP contribution in [0.3, 0.4) is 0 Å². The van der Waals surface area contributed by atoms with Crippen molar-refractivity contribution >= 4 is 22.7 Å². The quantitative estimate of drug-likeness (QED) is 0.824. The zero-order valence-corrected chi connectivity index (χ0v) is 10.5. The number of benzene rings is 1. The summed E-state index contributed by atoms with van der Waals surface area (Å²) in [7, 11) is 0. The third-order valence-electron chi connectivity index (χ3n) is 2.89. The van der Waals surface area contributed by atoms with Gasteiger partial charge >= 0.3 is 0 Å². The van der Waals surface area contributed by atoms with Crippen LogP contribution >= 0.6 is 11.3 Å². The van der Waals surface area contributed by atoms with Gasteiger partial charge < -0.3 is 0 Å². The Balaban J connectivity index is 1.96. The largest absolute Gasteiger partial charge is 0.248 e. The molecule has 0 N–H and O–H groups in total. The Hall–Kier alpha value is -2.12. The highest BCUT2D eigenvalue weighted by atomic mass is 32.1. The van der Waals surface area contributed by atoms with E-state index in [9.17, 15) is 5.26 Å². The van der Waals surface area contributed by atoms with Crippen LogP contribution in [0.5, 0.6) is 0 Å². The first kappa shape index (κ1) is 11.0. The maximum Gasteiger partial charge on any atom is 0.144 e. The molecule has 18 heavy (non-hydrogen) atoms. The molecule has 0 spiro atoms. The van der Waals surface area contributed by atoms with Crippen LogP contribution in [0, 0.1) is 11.3 Å². The molecule has 0 amide bonds. The number of hydrazone groups is 1. The minimum absolute atomic E-state index is 0.204. The van der Waals surface area contributed by atoms with Crippen molar-refractivity contribution < 1.29 is 0 Å². The first-order valence-electron chi connectivity index (χ1n) is 5.74. The molecule has 3 rings (SSSR count). The summed E-state index contributed by atoms with van der Waals surface area (Å²) in [5.74, 6) is 0. The van der Waals surface area contributed by atoms with Crippen LogP contribution in [0.4, 0.5) is 5.69 Å². The second kappa shape index (κ2) is 4.63. The van der Waals surface area contributed by atoms with Gasteiger partial charge in [0.15, 0.2) is 0 Å². The van der Waals surface area contributed by atoms with E-state index < -0.39 is 0 Å². The van der Waals surface area contributed by atoms with Gasteiger partial charge in [0.2, 0.25) is 0 Å². The third kappa shape index (κ3) is 1.89. The fourth-order valence-corrected chi connectivity index (χ4v) is 2.74. The van der Waals surface area contributed by atoms with Gasteiger partial charge in [-0.3, -0.25) is 0 Å². The molecule has 0 saturated carbocycles. The summed E-state index contributed by atoms with van der Waals surface area (Å²) in [4.78, 5) is 1.15. The minimum Gasteiger partial charge on any atom is -0.248 e. The molecule has 1 aromatic carbocycles. The Kier molecular flexibility index (Phi) is 2.83. The molecule has 0 fully saturated rings. The summed E-state index contributed by atoms with van der Waals surface area (Å²) in [5, 5.41) is 17.7. The lowest BCUT2D eigenvalue weighted by Gasteiger charge is -2.17. The van der Waals surface area contributed by atoms with Gasteiger partial charge in [-0.15, -0.1) is 11.3 Å². The summed E-state index contributed by atoms with van der Waals surface area (Å²) in [6, 6.07) is 16.0. The molecule has 1 aliphatic rings. The topological polar surface area (TPSA) is 39.4 Å². The minimum atomic E-state index is -0.204. The van der Waals surface area contributed by atoms with Crippen molar-refractivity contribution in [2.75, 3.05) is 5.01 Å². The Morgan fingerprint density at radius 1 is 1.22 bits per heavy atom. The Morgan fingerprint density at radius 3 is 2.72 bits per heavy atom. The van der Waals surface area contributed by atoms with Crippen LogP contribution in [-0.4, -0.2) is 11.8 Å². The molecule has 4 heteroatoms. The molecule has 1 aromatic heterocycles. The lowest BCUT2D eigenvalue weighted by atomic mass is 10.1. The summed E-state index contributed by atoms with van der Waals surface area (Å²) >= 11 is 1.66. The Bertz CT molecular complexity index is 596. The number of nitriles is 1. The fraction of sp³-hybridized carbons (Fsp3) is 0.143. The monoisotopic (exact) mass is 253 g/mol. The summed E-state index contributed by atoms with van der Waals surface area (Å²) < 4.78 is 0. The standard InChI is InChI=1S/C14H11N3S/c15-10-12-9-13(14-7-4-8-18-14)16-17(12)11-5-2-1-3-6-11/h1-8,12H,9H2. The first-order chi connectivity index (χ1) is 8.88. The molecule has 0 aliphatic carbocycles. The van der Waals surface area contributed by atoms with E-state index in [-0.39, 0.29) is 6.04 Å². The van der Waals surface area contributed by atoms with E-state index in [1.54, 1.807) is 11.3 Å². The molecular formula is C14H11N3S. The van der Waals surface area contributed by atoms with Crippen LogP contribution in [0.2, 0.25) is 0 Å². The van der Waals surface area contributed by atoms with Crippen molar-refractivity contribution in [1.29, 1.82) is 5.26 Å². The normalized spacial score (nSPS) is 18.5. The van der Waals surface area contributed by atoms with Crippen molar-refractivity contribution in [2.45, 2.75) is 12.5 Å². The van der Waals surface area contributed by atoms with Crippen LogP contribution in [0.1, 0.15) is 11.3 Å². The second-order valence-electron chi connectivity index (χ2n) is 4.05. The Morgan fingerprint density at radius 2 is 2.06 bits per heavy atom. The lowest BCUT2D eigenvalue weighted by Crippen LogP contribution is -2.24. The van der Waals surface area contributed by atoms with Crippen molar-refractivity contribution in [3.05, 3.63) is 52.7 Å². The number of thiophene rings is 1. The number of rotatable bonds is 2. The number of para-hydroxylation sites is 1. The van der Waals surface area contributed by atoms with Crippen molar-refractivity contribution in [3.8, 4) is 6.07 Å². The molecule has 1 atom stereocenters. The molecule has 0 radical (unpaired) electrons. The molecule has 0 bridgehead atoms. The van der Waals surface area contributed by atoms with E-state index in [1.165, 1.54) is 0 Å². The van der Waals surface area contributed by atoms with Crippen molar-refractivity contribution in [3.63, 3.8) is 0 Å². The number of hydrogen-bond acceptors (Lipinski definition) is 4. The van der Waals surface area contributed by atoms with Gasteiger partial charge in [-0.2, -0.15) is 10.4 Å². The highest BCUT2D eigenvalue weighted by Crippen LogP contribution is 2.27. The van der Waals surface area contributed by atoms with E-state index in [0.717, 1.165) is 16.3 Å². The summed E-state index contributed by atoms with van der Waals surface area (Å²) in [6.45, 7) is 0. The predicted molar refractivity (Wildman–Crippen MR) is 73.8 cm³/mol. The maximum absolute atomic E-state index is 9.25. The van der Waals surface area contributed by atoms with Gasteiger partial charge in [-0.1, -0.05) is 24.3 Å². The van der Waals surface area contributed by atoms with Gasteiger partial charge in [0.25, 0.3) is 0 Å². The van der Waals surface area contributed by atoms with Crippen molar-refractivity contribution in [1.82, 2.24) is 0 Å². The third-order valence-corrected chi connectivity index (χ3v) is 3.80. The Labute approximate surface area is 110 Å². The highest BCUT2D eigenvalue weighted by Gasteiger charge is 2.28. The van der Waals surface area contributed by atoms with Gasteiger partial charge in [0.05, 0.1) is 22.3 Å². The molecular weight excluding hydrogens is 242 g/mol. The number of hydrogen-bond donors (Lipinski definition) is 0. The molecule has 2 aromatic rings. The van der Waals surface area contributed by atoms with Crippen LogP contribution < -0.4 is 5.01 Å². The van der Waals surface area contributed by atoms with Crippen LogP contribution in [0.25, 0.3) is 0 Å². The molecule has 2 heterocycles. The molecule has 3 nitrogen and oxygen atoms in total. The van der Waals surface area contributed by atoms with E-state index in [2.05, 4.69) is 11.2 Å². The van der Waals surface area contributed by atoms with Gasteiger partial charge in [-0.25, -0.2) is 5.01 Å². The predicted octanol–water partition coefficient (Wildman–Crippen LogP) is 3.25. The van der Waals surface area contributed by atoms with Gasteiger partial charge in [0, 0.05) is 6.42 Å². The molecule has 0 saturated heterocycles. The summed E-state index contributed by atoms with van der Waals surface area (Å²) in [6.07, 6.45) is 0.686. The van der Waals surface area contributed by atoms with E-state index in [0.29, 0.717) is 6.42 Å². The summed E-state index contributed by atoms with van der Waals surface area (Å²) in [5.41, 5.74) is 1.97. The maximum atomic E-state index is 9.25. The van der Waals surface area contributed by atoms with Gasteiger partial charge in [0.1, 0.15) is 6.04 Å². The highest BCUT2D eigenvalue weighted by molar-refractivity contribution is 7.12. The smallest absolute Gasteiger partial charge is 0.144 e. The van der Waals surface area contributed by atoms with E-state index in [4.69, 9.17) is 0 Å². The zero-order valence-electron chi connectivity index (χ0n) is 9.65. The number of anilines is 1. The second-order valence-corrected chi connectivity index (χ2v) is 5.00. The first-order valence-corrected chi connectivity index (χ1v) is 6.62. The number of nitrogens with zero attached hydrogens (tertiary/aromatic N) is 3. The van der Waals surface area contributed by atoms with E-state index in [1.807, 2.05) is 52.9 Å². The van der Waals surface area contributed by atoms with Crippen molar-refractivity contribution in [2.24, 2.45) is 5.10 Å². The van der Waals surface area contributed by atoms with Gasteiger partial charge in [-0.05, 0) is 23.6 Å². The van der Waals surface area contributed by atoms with Crippen LogP contribution in [0.15, 0.2) is 52.9 Å². The zero-order chi connectivity index (χ0) is 12.4. The molecule has 88 valence electrons. The average Bonchev–Trinajstić information content (AvgIpc) is 3.08. The van der Waals surface area contributed by atoms with Crippen LogP contribution in [-0.2, 0) is 0 Å². The molecule has 1 unspecified atom stereocenters. The SMILES string of the molecule is N#CC1CC(c2cccs2)=NN1c1ccccc1. The average molecular weight is 253 g/mol. The molecule has 1 aliphatic heterocycles.